The van der Waals surface area contributed by atoms with Gasteiger partial charge in [0, 0.05) is 4.75 Å². The number of hydrogen-bond donors (Lipinski definition) is 1. The van der Waals surface area contributed by atoms with E-state index in [1.165, 1.54) is 37.9 Å². The Labute approximate surface area is 119 Å². The summed E-state index contributed by atoms with van der Waals surface area (Å²) in [5.41, 5.74) is 6.56. The van der Waals surface area contributed by atoms with Crippen molar-refractivity contribution in [2.75, 3.05) is 12.3 Å². The topological polar surface area (TPSA) is 26.0 Å². The van der Waals surface area contributed by atoms with Crippen molar-refractivity contribution in [3.63, 3.8) is 0 Å². The number of hydrogen-bond acceptors (Lipinski definition) is 2. The molecule has 0 aromatic heterocycles. The lowest BCUT2D eigenvalue weighted by molar-refractivity contribution is 0.129. The minimum atomic E-state index is 0.394. The lowest BCUT2D eigenvalue weighted by atomic mass is 9.67. The van der Waals surface area contributed by atoms with Gasteiger partial charge in [-0.25, -0.2) is 0 Å². The standard InChI is InChI=1S/C16H33NS/c1-13(2)14-6-8-16(12-17,9-7-14)10-11-18-15(3,4)5/h13-14H,6-12,17H2,1-5H3. The third kappa shape index (κ3) is 5.13. The van der Waals surface area contributed by atoms with Gasteiger partial charge in [-0.15, -0.1) is 0 Å². The van der Waals surface area contributed by atoms with Crippen molar-refractivity contribution in [3.05, 3.63) is 0 Å². The molecular formula is C16H33NS. The molecule has 18 heavy (non-hydrogen) atoms. The first-order valence-electron chi connectivity index (χ1n) is 7.62. The summed E-state index contributed by atoms with van der Waals surface area (Å²) in [6.45, 7) is 12.6. The predicted molar refractivity (Wildman–Crippen MR) is 85.1 cm³/mol. The monoisotopic (exact) mass is 271 g/mol. The first-order valence-corrected chi connectivity index (χ1v) is 8.61. The third-order valence-electron chi connectivity index (χ3n) is 4.63. The van der Waals surface area contributed by atoms with E-state index in [1.54, 1.807) is 0 Å². The fourth-order valence-electron chi connectivity index (χ4n) is 3.05. The van der Waals surface area contributed by atoms with Gasteiger partial charge in [0.25, 0.3) is 0 Å². The van der Waals surface area contributed by atoms with E-state index in [4.69, 9.17) is 5.73 Å². The molecule has 0 atom stereocenters. The van der Waals surface area contributed by atoms with Gasteiger partial charge in [0.1, 0.15) is 0 Å². The summed E-state index contributed by atoms with van der Waals surface area (Å²) in [5.74, 6) is 3.07. The molecule has 1 aliphatic carbocycles. The minimum Gasteiger partial charge on any atom is -0.330 e. The van der Waals surface area contributed by atoms with E-state index < -0.39 is 0 Å². The molecule has 0 amide bonds. The quantitative estimate of drug-likeness (QED) is 0.784. The van der Waals surface area contributed by atoms with Gasteiger partial charge < -0.3 is 5.73 Å². The lowest BCUT2D eigenvalue weighted by Crippen LogP contribution is -2.36. The molecule has 0 bridgehead atoms. The van der Waals surface area contributed by atoms with Gasteiger partial charge in [-0.2, -0.15) is 11.8 Å². The first-order chi connectivity index (χ1) is 8.28. The summed E-state index contributed by atoms with van der Waals surface area (Å²) >= 11 is 2.09. The van der Waals surface area contributed by atoms with Crippen molar-refractivity contribution in [2.24, 2.45) is 23.0 Å². The van der Waals surface area contributed by atoms with Crippen molar-refractivity contribution >= 4 is 11.8 Å². The van der Waals surface area contributed by atoms with E-state index in [0.717, 1.165) is 18.4 Å². The van der Waals surface area contributed by atoms with E-state index in [2.05, 4.69) is 46.4 Å². The fourth-order valence-corrected chi connectivity index (χ4v) is 4.20. The molecule has 0 spiro atoms. The van der Waals surface area contributed by atoms with Crippen LogP contribution in [-0.2, 0) is 0 Å². The fraction of sp³-hybridized carbons (Fsp3) is 1.00. The molecule has 0 saturated heterocycles. The molecule has 0 aliphatic heterocycles. The molecule has 1 rings (SSSR count). The molecule has 2 heteroatoms. The Kier molecular flexibility index (Phi) is 6.05. The molecule has 0 radical (unpaired) electrons. The zero-order valence-electron chi connectivity index (χ0n) is 13.1. The number of nitrogens with two attached hydrogens (primary N) is 1. The average molecular weight is 272 g/mol. The summed E-state index contributed by atoms with van der Waals surface area (Å²) in [5, 5.41) is 0. The second-order valence-electron chi connectivity index (χ2n) is 7.50. The summed E-state index contributed by atoms with van der Waals surface area (Å²) in [6.07, 6.45) is 6.83. The normalized spacial score (nSPS) is 29.8. The summed E-state index contributed by atoms with van der Waals surface area (Å²) in [7, 11) is 0. The van der Waals surface area contributed by atoms with E-state index >= 15 is 0 Å². The van der Waals surface area contributed by atoms with Crippen LogP contribution in [0.25, 0.3) is 0 Å². The average Bonchev–Trinajstić information content (AvgIpc) is 2.28. The Bertz CT molecular complexity index is 234. The van der Waals surface area contributed by atoms with Crippen molar-refractivity contribution in [2.45, 2.75) is 71.5 Å². The second-order valence-corrected chi connectivity index (χ2v) is 9.42. The van der Waals surface area contributed by atoms with Crippen LogP contribution in [0.2, 0.25) is 0 Å². The van der Waals surface area contributed by atoms with Crippen LogP contribution in [-0.4, -0.2) is 17.0 Å². The van der Waals surface area contributed by atoms with Crippen LogP contribution in [0.1, 0.15) is 66.7 Å². The molecule has 0 heterocycles. The molecular weight excluding hydrogens is 238 g/mol. The summed E-state index contributed by atoms with van der Waals surface area (Å²) < 4.78 is 0.394. The highest BCUT2D eigenvalue weighted by Gasteiger charge is 2.34. The highest BCUT2D eigenvalue weighted by molar-refractivity contribution is 8.00. The van der Waals surface area contributed by atoms with Gasteiger partial charge in [-0.1, -0.05) is 34.6 Å². The Morgan fingerprint density at radius 1 is 1.22 bits per heavy atom. The first kappa shape index (κ1) is 16.4. The van der Waals surface area contributed by atoms with Crippen LogP contribution in [0.3, 0.4) is 0 Å². The van der Waals surface area contributed by atoms with Gasteiger partial charge in [-0.05, 0) is 61.7 Å². The molecule has 0 aromatic rings. The van der Waals surface area contributed by atoms with E-state index in [-0.39, 0.29) is 0 Å². The molecule has 0 aromatic carbocycles. The molecule has 0 unspecified atom stereocenters. The Hall–Kier alpha value is 0.310. The maximum Gasteiger partial charge on any atom is 0.00750 e. The maximum absolute atomic E-state index is 6.10. The van der Waals surface area contributed by atoms with Crippen molar-refractivity contribution in [3.8, 4) is 0 Å². The van der Waals surface area contributed by atoms with Crippen molar-refractivity contribution in [1.29, 1.82) is 0 Å². The van der Waals surface area contributed by atoms with Gasteiger partial charge >= 0.3 is 0 Å². The predicted octanol–water partition coefficient (Wildman–Crippen LogP) is 4.70. The second kappa shape index (κ2) is 6.65. The minimum absolute atomic E-state index is 0.394. The number of thioether (sulfide) groups is 1. The van der Waals surface area contributed by atoms with Crippen LogP contribution in [0.4, 0.5) is 0 Å². The molecule has 1 saturated carbocycles. The SMILES string of the molecule is CC(C)C1CCC(CN)(CCSC(C)(C)C)CC1. The van der Waals surface area contributed by atoms with Gasteiger partial charge in [0.15, 0.2) is 0 Å². The smallest absolute Gasteiger partial charge is 0.00750 e. The lowest BCUT2D eigenvalue weighted by Gasteiger charge is -2.41. The van der Waals surface area contributed by atoms with Crippen LogP contribution in [0, 0.1) is 17.3 Å². The summed E-state index contributed by atoms with van der Waals surface area (Å²) in [6, 6.07) is 0. The van der Waals surface area contributed by atoms with Crippen LogP contribution >= 0.6 is 11.8 Å². The molecule has 1 nitrogen and oxygen atoms in total. The highest BCUT2D eigenvalue weighted by Crippen LogP contribution is 2.44. The third-order valence-corrected chi connectivity index (χ3v) is 5.91. The van der Waals surface area contributed by atoms with Crippen LogP contribution in [0.5, 0.6) is 0 Å². The van der Waals surface area contributed by atoms with Crippen LogP contribution in [0.15, 0.2) is 0 Å². The highest BCUT2D eigenvalue weighted by atomic mass is 32.2. The molecule has 108 valence electrons. The summed E-state index contributed by atoms with van der Waals surface area (Å²) in [4.78, 5) is 0. The molecule has 1 aliphatic rings. The Morgan fingerprint density at radius 3 is 2.17 bits per heavy atom. The van der Waals surface area contributed by atoms with Crippen molar-refractivity contribution < 1.29 is 0 Å². The van der Waals surface area contributed by atoms with Crippen molar-refractivity contribution in [1.82, 2.24) is 0 Å². The molecule has 1 fully saturated rings. The van der Waals surface area contributed by atoms with E-state index in [9.17, 15) is 0 Å². The maximum atomic E-state index is 6.10. The molecule has 2 N–H and O–H groups in total. The Morgan fingerprint density at radius 2 is 1.78 bits per heavy atom. The van der Waals surface area contributed by atoms with E-state index in [1.807, 2.05) is 0 Å². The zero-order chi connectivity index (χ0) is 13.8. The van der Waals surface area contributed by atoms with Crippen LogP contribution < -0.4 is 5.73 Å². The number of rotatable bonds is 5. The Balaban J connectivity index is 2.41. The van der Waals surface area contributed by atoms with Gasteiger partial charge in [0.05, 0.1) is 0 Å². The van der Waals surface area contributed by atoms with E-state index in [0.29, 0.717) is 10.2 Å². The van der Waals surface area contributed by atoms with Gasteiger partial charge in [0.2, 0.25) is 0 Å². The largest absolute Gasteiger partial charge is 0.330 e. The van der Waals surface area contributed by atoms with Gasteiger partial charge in [-0.3, -0.25) is 0 Å². The zero-order valence-corrected chi connectivity index (χ0v) is 13.9.